The van der Waals surface area contributed by atoms with Crippen LogP contribution in [0.25, 0.3) is 0 Å². The molecule has 1 aliphatic heterocycles. The molecule has 5 heteroatoms. The van der Waals surface area contributed by atoms with Crippen molar-refractivity contribution < 1.29 is 18.6 Å². The Morgan fingerprint density at radius 1 is 1.28 bits per heavy atom. The van der Waals surface area contributed by atoms with Crippen LogP contribution in [0.2, 0.25) is 0 Å². The molecule has 0 radical (unpaired) electrons. The van der Waals surface area contributed by atoms with Gasteiger partial charge in [-0.1, -0.05) is 18.2 Å². The molecule has 3 nitrogen and oxygen atoms in total. The molecule has 0 amide bonds. The summed E-state index contributed by atoms with van der Waals surface area (Å²) in [5, 5.41) is 9.41. The minimum atomic E-state index is -2.82. The van der Waals surface area contributed by atoms with E-state index in [1.807, 2.05) is 30.3 Å². The maximum Gasteiger partial charge on any atom is 0.345 e. The molecule has 0 bridgehead atoms. The predicted octanol–water partition coefficient (Wildman–Crippen LogP) is 3.07. The Morgan fingerprint density at radius 3 is 2.67 bits per heavy atom. The molecule has 1 aromatic rings. The first-order chi connectivity index (χ1) is 8.66. The van der Waals surface area contributed by atoms with Gasteiger partial charge in [0.2, 0.25) is 0 Å². The van der Waals surface area contributed by atoms with Crippen LogP contribution in [0.1, 0.15) is 0 Å². The molecule has 0 unspecified atom stereocenters. The fourth-order valence-corrected chi connectivity index (χ4v) is 1.78. The summed E-state index contributed by atoms with van der Waals surface area (Å²) in [5.41, 5.74) is 0.848. The van der Waals surface area contributed by atoms with Crippen LogP contribution in [0.3, 0.4) is 0 Å². The van der Waals surface area contributed by atoms with E-state index in [1.54, 1.807) is 11.1 Å². The lowest BCUT2D eigenvalue weighted by atomic mass is 10.1. The highest BCUT2D eigenvalue weighted by Gasteiger charge is 2.20. The van der Waals surface area contributed by atoms with Crippen molar-refractivity contribution in [3.63, 3.8) is 0 Å². The van der Waals surface area contributed by atoms with Gasteiger partial charge in [0.15, 0.2) is 0 Å². The molecule has 1 atom stereocenters. The van der Waals surface area contributed by atoms with Crippen LogP contribution in [0, 0.1) is 0 Å². The Morgan fingerprint density at radius 2 is 2.00 bits per heavy atom. The topological polar surface area (TPSA) is 32.7 Å². The number of alkyl halides is 2. The Balaban J connectivity index is 2.15. The van der Waals surface area contributed by atoms with Crippen LogP contribution in [0.4, 0.5) is 14.5 Å². The van der Waals surface area contributed by atoms with Crippen molar-refractivity contribution in [2.75, 3.05) is 11.5 Å². The van der Waals surface area contributed by atoms with E-state index in [2.05, 4.69) is 4.74 Å². The molecule has 1 aromatic carbocycles. The maximum atomic E-state index is 12.1. The zero-order valence-electron chi connectivity index (χ0n) is 9.54. The number of anilines is 1. The molecule has 96 valence electrons. The van der Waals surface area contributed by atoms with Gasteiger partial charge in [0.05, 0.1) is 12.6 Å². The van der Waals surface area contributed by atoms with Gasteiger partial charge < -0.3 is 14.7 Å². The van der Waals surface area contributed by atoms with Crippen molar-refractivity contribution >= 4 is 5.69 Å². The van der Waals surface area contributed by atoms with Crippen LogP contribution >= 0.6 is 0 Å². The third-order valence-corrected chi connectivity index (χ3v) is 2.57. The highest BCUT2D eigenvalue weighted by atomic mass is 19.3. The largest absolute Gasteiger partial charge is 0.508 e. The van der Waals surface area contributed by atoms with Gasteiger partial charge >= 0.3 is 6.61 Å². The van der Waals surface area contributed by atoms with Gasteiger partial charge in [-0.05, 0) is 24.3 Å². The van der Waals surface area contributed by atoms with E-state index in [-0.39, 0.29) is 12.4 Å². The zero-order valence-corrected chi connectivity index (χ0v) is 9.54. The molecular formula is C13H13F2NO2. The van der Waals surface area contributed by atoms with E-state index in [0.717, 1.165) is 5.69 Å². The number of hydrogen-bond donors (Lipinski definition) is 1. The van der Waals surface area contributed by atoms with Gasteiger partial charge in [0.25, 0.3) is 0 Å². The van der Waals surface area contributed by atoms with E-state index < -0.39 is 12.7 Å². The molecule has 0 aromatic heterocycles. The Hall–Kier alpha value is -1.88. The van der Waals surface area contributed by atoms with Crippen LogP contribution in [0.5, 0.6) is 0 Å². The molecule has 0 fully saturated rings. The second kappa shape index (κ2) is 5.64. The molecule has 0 saturated carbocycles. The molecule has 0 saturated heterocycles. The summed E-state index contributed by atoms with van der Waals surface area (Å²) in [5.74, 6) is 0.0463. The summed E-state index contributed by atoms with van der Waals surface area (Å²) in [4.78, 5) is 1.77. The van der Waals surface area contributed by atoms with Gasteiger partial charge in [-0.3, -0.25) is 0 Å². The minimum Gasteiger partial charge on any atom is -0.508 e. The number of halogens is 2. The number of hydrogen-bond acceptors (Lipinski definition) is 3. The van der Waals surface area contributed by atoms with Crippen LogP contribution in [-0.2, 0) is 4.74 Å². The molecule has 1 N–H and O–H groups in total. The number of nitrogens with zero attached hydrogens (tertiary/aromatic N) is 1. The first kappa shape index (κ1) is 12.6. The third-order valence-electron chi connectivity index (χ3n) is 2.57. The van der Waals surface area contributed by atoms with Crippen molar-refractivity contribution in [2.45, 2.75) is 12.7 Å². The first-order valence-corrected chi connectivity index (χ1v) is 5.49. The molecule has 2 rings (SSSR count). The average molecular weight is 253 g/mol. The molecule has 0 aliphatic carbocycles. The summed E-state index contributed by atoms with van der Waals surface area (Å²) in [6, 6.07) is 8.84. The van der Waals surface area contributed by atoms with Crippen molar-refractivity contribution in [3.05, 3.63) is 54.4 Å². The van der Waals surface area contributed by atoms with Gasteiger partial charge in [0, 0.05) is 11.9 Å². The minimum absolute atomic E-state index is 0.0463. The van der Waals surface area contributed by atoms with Gasteiger partial charge in [0.1, 0.15) is 5.76 Å². The average Bonchev–Trinajstić information content (AvgIpc) is 2.37. The van der Waals surface area contributed by atoms with Gasteiger partial charge in [-0.15, -0.1) is 0 Å². The summed E-state index contributed by atoms with van der Waals surface area (Å²) in [7, 11) is 0. The highest BCUT2D eigenvalue weighted by Crippen LogP contribution is 2.22. The lowest BCUT2D eigenvalue weighted by Gasteiger charge is -2.30. The second-order valence-corrected chi connectivity index (χ2v) is 3.81. The third kappa shape index (κ3) is 3.07. The van der Waals surface area contributed by atoms with Gasteiger partial charge in [-0.2, -0.15) is 8.78 Å². The number of aliphatic hydroxyl groups is 1. The normalized spacial score (nSPS) is 19.2. The quantitative estimate of drug-likeness (QED) is 0.895. The van der Waals surface area contributed by atoms with Crippen LogP contribution in [0.15, 0.2) is 54.4 Å². The number of benzene rings is 1. The number of rotatable bonds is 4. The van der Waals surface area contributed by atoms with Crippen molar-refractivity contribution in [3.8, 4) is 0 Å². The Labute approximate surface area is 104 Å². The van der Waals surface area contributed by atoms with Crippen molar-refractivity contribution in [1.29, 1.82) is 0 Å². The summed E-state index contributed by atoms with van der Waals surface area (Å²) in [6.45, 7) is -3.01. The smallest absolute Gasteiger partial charge is 0.345 e. The van der Waals surface area contributed by atoms with Gasteiger partial charge in [-0.25, -0.2) is 0 Å². The zero-order chi connectivity index (χ0) is 13.0. The summed E-state index contributed by atoms with van der Waals surface area (Å²) in [6.07, 6.45) is 4.63. The van der Waals surface area contributed by atoms with E-state index in [9.17, 15) is 13.9 Å². The summed E-state index contributed by atoms with van der Waals surface area (Å²) >= 11 is 0. The second-order valence-electron chi connectivity index (χ2n) is 3.81. The molecule has 0 spiro atoms. The van der Waals surface area contributed by atoms with E-state index in [0.29, 0.717) is 0 Å². The predicted molar refractivity (Wildman–Crippen MR) is 64.5 cm³/mol. The van der Waals surface area contributed by atoms with Crippen LogP contribution in [-0.4, -0.2) is 24.4 Å². The number of para-hydroxylation sites is 1. The summed E-state index contributed by atoms with van der Waals surface area (Å²) < 4.78 is 28.5. The molecule has 1 heterocycles. The standard InChI is InChI=1S/C13H13F2NO2/c14-13(15)18-9-11-8-12(17)6-7-16(11)10-4-2-1-3-5-10/h1-8,11,13,17H,9H2/t11-/m0/s1. The van der Waals surface area contributed by atoms with E-state index in [1.165, 1.54) is 12.2 Å². The van der Waals surface area contributed by atoms with E-state index in [4.69, 9.17) is 0 Å². The number of aliphatic hydroxyl groups excluding tert-OH is 1. The van der Waals surface area contributed by atoms with Crippen molar-refractivity contribution in [2.24, 2.45) is 0 Å². The lowest BCUT2D eigenvalue weighted by Crippen LogP contribution is -2.35. The van der Waals surface area contributed by atoms with Crippen molar-refractivity contribution in [1.82, 2.24) is 0 Å². The molecule has 1 aliphatic rings. The SMILES string of the molecule is OC1=C[C@@H](COC(F)F)N(c2ccccc2)C=C1. The first-order valence-electron chi connectivity index (χ1n) is 5.49. The van der Waals surface area contributed by atoms with E-state index >= 15 is 0 Å². The molecule has 18 heavy (non-hydrogen) atoms. The monoisotopic (exact) mass is 253 g/mol. The molecular weight excluding hydrogens is 240 g/mol. The highest BCUT2D eigenvalue weighted by molar-refractivity contribution is 5.53. The van der Waals surface area contributed by atoms with Crippen LogP contribution < -0.4 is 4.90 Å². The fourth-order valence-electron chi connectivity index (χ4n) is 1.78. The number of allylic oxidation sites excluding steroid dienone is 1. The fraction of sp³-hybridized carbons (Fsp3) is 0.231. The number of ether oxygens (including phenoxy) is 1. The Kier molecular flexibility index (Phi) is 3.94. The Bertz CT molecular complexity index is 446. The lowest BCUT2D eigenvalue weighted by molar-refractivity contribution is -0.129. The maximum absolute atomic E-state index is 12.1.